The number of aryl methyl sites for hydroxylation is 1. The van der Waals surface area contributed by atoms with E-state index in [4.69, 9.17) is 17.3 Å². The normalized spacial score (nSPS) is 20.4. The van der Waals surface area contributed by atoms with Gasteiger partial charge in [0, 0.05) is 37.9 Å². The summed E-state index contributed by atoms with van der Waals surface area (Å²) in [6.07, 6.45) is 3.25. The summed E-state index contributed by atoms with van der Waals surface area (Å²) in [6.45, 7) is 2.56. The van der Waals surface area contributed by atoms with Crippen LogP contribution in [0.4, 0.5) is 0 Å². The Balaban J connectivity index is 1.91. The smallest absolute Gasteiger partial charge is 0.274 e. The Labute approximate surface area is 144 Å². The number of aromatic nitrogens is 3. The van der Waals surface area contributed by atoms with Crippen LogP contribution in [0.2, 0.25) is 5.02 Å². The highest BCUT2D eigenvalue weighted by Gasteiger charge is 2.41. The van der Waals surface area contributed by atoms with Crippen LogP contribution in [-0.2, 0) is 11.8 Å². The van der Waals surface area contributed by atoms with Gasteiger partial charge in [0.15, 0.2) is 0 Å². The number of primary amides is 1. The zero-order chi connectivity index (χ0) is 17.4. The topological polar surface area (TPSA) is 94.1 Å². The van der Waals surface area contributed by atoms with Gasteiger partial charge in [0.25, 0.3) is 5.91 Å². The van der Waals surface area contributed by atoms with E-state index < -0.39 is 11.8 Å². The molecule has 0 saturated carbocycles. The maximum atomic E-state index is 12.7. The first-order valence-corrected chi connectivity index (χ1v) is 7.95. The minimum absolute atomic E-state index is 0.178. The number of hydrogen-bond acceptors (Lipinski definition) is 4. The van der Waals surface area contributed by atoms with E-state index in [9.17, 15) is 9.59 Å². The fraction of sp³-hybridized carbons (Fsp3) is 0.375. The quantitative estimate of drug-likeness (QED) is 0.900. The minimum atomic E-state index is -0.459. The molecule has 24 heavy (non-hydrogen) atoms. The number of halogens is 1. The third-order valence-corrected chi connectivity index (χ3v) is 4.91. The molecule has 0 radical (unpaired) electrons. The molecule has 8 heteroatoms. The van der Waals surface area contributed by atoms with E-state index in [1.165, 1.54) is 6.20 Å². The van der Waals surface area contributed by atoms with Crippen LogP contribution in [0, 0.1) is 12.8 Å². The molecule has 0 spiro atoms. The third-order valence-electron chi connectivity index (χ3n) is 4.61. The van der Waals surface area contributed by atoms with Crippen molar-refractivity contribution in [2.24, 2.45) is 18.7 Å². The van der Waals surface area contributed by atoms with Crippen molar-refractivity contribution in [1.82, 2.24) is 19.7 Å². The Kier molecular flexibility index (Phi) is 4.28. The molecule has 1 fully saturated rings. The number of carbonyl (C=O) groups excluding carboxylic acids is 2. The van der Waals surface area contributed by atoms with Gasteiger partial charge in [-0.15, -0.1) is 0 Å². The summed E-state index contributed by atoms with van der Waals surface area (Å²) in [7, 11) is 1.84. The van der Waals surface area contributed by atoms with E-state index in [1.807, 2.05) is 14.0 Å². The summed E-state index contributed by atoms with van der Waals surface area (Å²) in [6, 6.07) is 3.28. The molecule has 0 aliphatic carbocycles. The molecule has 0 bridgehead atoms. The van der Waals surface area contributed by atoms with Crippen LogP contribution < -0.4 is 5.73 Å². The number of hydrogen-bond donors (Lipinski definition) is 1. The number of nitrogens with zero attached hydrogens (tertiary/aromatic N) is 4. The Bertz CT molecular complexity index is 804. The minimum Gasteiger partial charge on any atom is -0.369 e. The lowest BCUT2D eigenvalue weighted by atomic mass is 9.89. The Morgan fingerprint density at radius 1 is 1.38 bits per heavy atom. The van der Waals surface area contributed by atoms with Gasteiger partial charge < -0.3 is 10.6 Å². The first kappa shape index (κ1) is 16.4. The maximum Gasteiger partial charge on any atom is 0.274 e. The van der Waals surface area contributed by atoms with Gasteiger partial charge in [0.1, 0.15) is 5.69 Å². The molecule has 0 unspecified atom stereocenters. The number of rotatable bonds is 3. The van der Waals surface area contributed by atoms with Crippen LogP contribution in [0.25, 0.3) is 0 Å². The Morgan fingerprint density at radius 2 is 2.12 bits per heavy atom. The van der Waals surface area contributed by atoms with Crippen LogP contribution in [0.5, 0.6) is 0 Å². The second-order valence-corrected chi connectivity index (χ2v) is 6.38. The first-order chi connectivity index (χ1) is 11.4. The largest absolute Gasteiger partial charge is 0.369 e. The highest BCUT2D eigenvalue weighted by molar-refractivity contribution is 6.33. The lowest BCUT2D eigenvalue weighted by molar-refractivity contribution is -0.121. The van der Waals surface area contributed by atoms with Crippen molar-refractivity contribution in [2.45, 2.75) is 12.8 Å². The van der Waals surface area contributed by atoms with Gasteiger partial charge in [-0.1, -0.05) is 11.6 Å². The molecule has 0 aromatic carbocycles. The van der Waals surface area contributed by atoms with E-state index in [1.54, 1.807) is 27.9 Å². The van der Waals surface area contributed by atoms with Crippen molar-refractivity contribution in [3.8, 4) is 0 Å². The summed E-state index contributed by atoms with van der Waals surface area (Å²) < 4.78 is 1.74. The fourth-order valence-electron chi connectivity index (χ4n) is 3.15. The fourth-order valence-corrected chi connectivity index (χ4v) is 3.35. The predicted molar refractivity (Wildman–Crippen MR) is 88.5 cm³/mol. The predicted octanol–water partition coefficient (Wildman–Crippen LogP) is 1.12. The molecule has 2 N–H and O–H groups in total. The maximum absolute atomic E-state index is 12.7. The van der Waals surface area contributed by atoms with E-state index in [2.05, 4.69) is 10.1 Å². The molecule has 1 aliphatic heterocycles. The highest BCUT2D eigenvalue weighted by atomic mass is 35.5. The zero-order valence-electron chi connectivity index (χ0n) is 13.4. The molecule has 7 nitrogen and oxygen atoms in total. The van der Waals surface area contributed by atoms with Crippen LogP contribution in [0.3, 0.4) is 0 Å². The van der Waals surface area contributed by atoms with Gasteiger partial charge in [0.2, 0.25) is 5.91 Å². The number of nitrogens with two attached hydrogens (primary N) is 1. The zero-order valence-corrected chi connectivity index (χ0v) is 14.2. The number of pyridine rings is 1. The average Bonchev–Trinajstić information content (AvgIpc) is 3.12. The summed E-state index contributed by atoms with van der Waals surface area (Å²) in [5, 5.41) is 4.52. The second-order valence-electron chi connectivity index (χ2n) is 5.97. The van der Waals surface area contributed by atoms with Gasteiger partial charge >= 0.3 is 0 Å². The Morgan fingerprint density at radius 3 is 2.71 bits per heavy atom. The van der Waals surface area contributed by atoms with Crippen LogP contribution in [-0.4, -0.2) is 44.6 Å². The summed E-state index contributed by atoms with van der Waals surface area (Å²) in [5.41, 5.74) is 7.64. The molecule has 3 rings (SSSR count). The van der Waals surface area contributed by atoms with Crippen molar-refractivity contribution in [2.75, 3.05) is 13.1 Å². The average molecular weight is 348 g/mol. The molecular formula is C16H18ClN5O2. The molecule has 2 aromatic rings. The Hall–Kier alpha value is -2.41. The van der Waals surface area contributed by atoms with E-state index >= 15 is 0 Å². The van der Waals surface area contributed by atoms with Gasteiger partial charge in [-0.3, -0.25) is 14.3 Å². The lowest BCUT2D eigenvalue weighted by Crippen LogP contribution is -2.32. The van der Waals surface area contributed by atoms with Crippen LogP contribution in [0.1, 0.15) is 27.7 Å². The van der Waals surface area contributed by atoms with Gasteiger partial charge in [0.05, 0.1) is 17.1 Å². The van der Waals surface area contributed by atoms with Gasteiger partial charge in [-0.25, -0.2) is 4.98 Å². The second kappa shape index (κ2) is 6.24. The van der Waals surface area contributed by atoms with Crippen molar-refractivity contribution in [3.05, 3.63) is 46.5 Å². The molecular weight excluding hydrogens is 330 g/mol. The molecule has 126 valence electrons. The van der Waals surface area contributed by atoms with Crippen molar-refractivity contribution in [3.63, 3.8) is 0 Å². The standard InChI is InChI=1S/C16H18ClN5O2/c1-9-10(6-20-21(9)2)11-7-22(8-12(11)15(18)23)16(24)14-13(17)4-3-5-19-14/h3-6,11-12H,7-8H2,1-2H3,(H2,18,23)/t11-,12+/m0/s1. The van der Waals surface area contributed by atoms with Crippen molar-refractivity contribution >= 4 is 23.4 Å². The van der Waals surface area contributed by atoms with E-state index in [0.29, 0.717) is 11.6 Å². The molecule has 2 amide bonds. The summed E-state index contributed by atoms with van der Waals surface area (Å²) >= 11 is 6.06. The SMILES string of the molecule is Cc1c([C@@H]2CN(C(=O)c3ncccc3Cl)C[C@H]2C(N)=O)cnn1C. The summed E-state index contributed by atoms with van der Waals surface area (Å²) in [4.78, 5) is 30.2. The number of amides is 2. The van der Waals surface area contributed by atoms with E-state index in [0.717, 1.165) is 11.3 Å². The van der Waals surface area contributed by atoms with Crippen LogP contribution >= 0.6 is 11.6 Å². The van der Waals surface area contributed by atoms with Crippen LogP contribution in [0.15, 0.2) is 24.5 Å². The molecule has 1 aliphatic rings. The lowest BCUT2D eigenvalue weighted by Gasteiger charge is -2.16. The third kappa shape index (κ3) is 2.75. The van der Waals surface area contributed by atoms with Gasteiger partial charge in [-0.2, -0.15) is 5.10 Å². The van der Waals surface area contributed by atoms with Gasteiger partial charge in [-0.05, 0) is 24.6 Å². The number of carbonyl (C=O) groups is 2. The van der Waals surface area contributed by atoms with Crippen molar-refractivity contribution in [1.29, 1.82) is 0 Å². The molecule has 2 aromatic heterocycles. The van der Waals surface area contributed by atoms with Crippen molar-refractivity contribution < 1.29 is 9.59 Å². The molecule has 2 atom stereocenters. The van der Waals surface area contributed by atoms with E-state index in [-0.39, 0.29) is 24.1 Å². The molecule has 3 heterocycles. The summed E-state index contributed by atoms with van der Waals surface area (Å²) in [5.74, 6) is -1.36. The molecule has 1 saturated heterocycles. The first-order valence-electron chi connectivity index (χ1n) is 7.57. The highest BCUT2D eigenvalue weighted by Crippen LogP contribution is 2.35. The monoisotopic (exact) mass is 347 g/mol. The number of likely N-dealkylation sites (tertiary alicyclic amines) is 1.